The molecule has 4 heterocycles. The van der Waals surface area contributed by atoms with Gasteiger partial charge in [-0.25, -0.2) is 15.0 Å². The lowest BCUT2D eigenvalue weighted by atomic mass is 9.73. The molecule has 4 rings (SSSR count). The van der Waals surface area contributed by atoms with Crippen LogP contribution in [0, 0.1) is 0 Å². The highest BCUT2D eigenvalue weighted by Gasteiger charge is 2.47. The van der Waals surface area contributed by atoms with E-state index >= 15 is 0 Å². The van der Waals surface area contributed by atoms with Crippen LogP contribution in [0.3, 0.4) is 0 Å². The van der Waals surface area contributed by atoms with E-state index in [1.807, 2.05) is 6.20 Å². The molecule has 2 bridgehead atoms. The summed E-state index contributed by atoms with van der Waals surface area (Å²) in [5.74, 6) is 0.886. The molecular formula is C16H22N4. The Morgan fingerprint density at radius 1 is 0.950 bits per heavy atom. The van der Waals surface area contributed by atoms with Gasteiger partial charge in [0.1, 0.15) is 6.33 Å². The molecular weight excluding hydrogens is 248 g/mol. The fourth-order valence-corrected chi connectivity index (χ4v) is 4.35. The van der Waals surface area contributed by atoms with Crippen molar-refractivity contribution in [1.82, 2.24) is 15.3 Å². The predicted molar refractivity (Wildman–Crippen MR) is 79.3 cm³/mol. The second kappa shape index (κ2) is 4.62. The van der Waals surface area contributed by atoms with Crippen molar-refractivity contribution in [3.63, 3.8) is 0 Å². The lowest BCUT2D eigenvalue weighted by Crippen LogP contribution is -2.59. The maximum absolute atomic E-state index is 4.73. The molecule has 0 aliphatic carbocycles. The summed E-state index contributed by atoms with van der Waals surface area (Å²) < 4.78 is 0. The third-order valence-corrected chi connectivity index (χ3v) is 5.33. The second-order valence-electron chi connectivity index (χ2n) is 6.65. The average molecular weight is 270 g/mol. The SMILES string of the molecule is C1=Nc2ncncc2C23CCCCCCC1(CCC2)N3. The molecule has 4 nitrogen and oxygen atoms in total. The highest BCUT2D eigenvalue weighted by molar-refractivity contribution is 5.75. The maximum atomic E-state index is 4.73. The number of piperidine rings is 1. The fourth-order valence-electron chi connectivity index (χ4n) is 4.35. The van der Waals surface area contributed by atoms with E-state index in [1.165, 1.54) is 63.4 Å². The van der Waals surface area contributed by atoms with Crippen LogP contribution in [-0.4, -0.2) is 21.7 Å². The highest BCUT2D eigenvalue weighted by atomic mass is 15.1. The molecule has 106 valence electrons. The van der Waals surface area contributed by atoms with Gasteiger partial charge in [-0.3, -0.25) is 5.32 Å². The van der Waals surface area contributed by atoms with E-state index in [0.29, 0.717) is 0 Å². The molecule has 0 spiro atoms. The first-order valence-electron chi connectivity index (χ1n) is 7.97. The van der Waals surface area contributed by atoms with Gasteiger partial charge in [-0.15, -0.1) is 0 Å². The van der Waals surface area contributed by atoms with E-state index in [9.17, 15) is 0 Å². The summed E-state index contributed by atoms with van der Waals surface area (Å²) in [4.78, 5) is 13.4. The van der Waals surface area contributed by atoms with Crippen LogP contribution in [-0.2, 0) is 5.54 Å². The standard InChI is InChI=1S/C16H22N4/c1-2-4-8-16-9-5-7-15(20-16,6-3-1)11-18-14-13(16)10-17-12-19-14/h10-12,20H,1-9H2. The Labute approximate surface area is 120 Å². The molecule has 0 aromatic carbocycles. The van der Waals surface area contributed by atoms with E-state index in [4.69, 9.17) is 4.99 Å². The van der Waals surface area contributed by atoms with Crippen molar-refractivity contribution >= 4 is 12.0 Å². The smallest absolute Gasteiger partial charge is 0.159 e. The molecule has 2 saturated heterocycles. The minimum Gasteiger partial charge on any atom is -0.297 e. The fraction of sp³-hybridized carbons (Fsp3) is 0.688. The summed E-state index contributed by atoms with van der Waals surface area (Å²) in [6.45, 7) is 0. The third-order valence-electron chi connectivity index (χ3n) is 5.33. The van der Waals surface area contributed by atoms with E-state index in [1.54, 1.807) is 6.33 Å². The van der Waals surface area contributed by atoms with Gasteiger partial charge in [-0.1, -0.05) is 25.7 Å². The molecule has 2 unspecified atom stereocenters. The molecule has 0 saturated carbocycles. The minimum atomic E-state index is 0.0513. The predicted octanol–water partition coefficient (Wildman–Crippen LogP) is 3.25. The molecule has 1 aromatic rings. The van der Waals surface area contributed by atoms with Gasteiger partial charge in [0.05, 0.1) is 5.54 Å². The van der Waals surface area contributed by atoms with Crippen LogP contribution in [0.25, 0.3) is 0 Å². The summed E-state index contributed by atoms with van der Waals surface area (Å²) in [5, 5.41) is 4.01. The molecule has 0 amide bonds. The van der Waals surface area contributed by atoms with Crippen LogP contribution < -0.4 is 5.32 Å². The van der Waals surface area contributed by atoms with Gasteiger partial charge in [0.15, 0.2) is 5.82 Å². The van der Waals surface area contributed by atoms with Crippen LogP contribution in [0.2, 0.25) is 0 Å². The Balaban J connectivity index is 1.88. The zero-order chi connectivity index (χ0) is 13.5. The van der Waals surface area contributed by atoms with Crippen molar-refractivity contribution in [2.75, 3.05) is 0 Å². The average Bonchev–Trinajstić information content (AvgIpc) is 2.52. The zero-order valence-electron chi connectivity index (χ0n) is 11.9. The van der Waals surface area contributed by atoms with Gasteiger partial charge >= 0.3 is 0 Å². The second-order valence-corrected chi connectivity index (χ2v) is 6.65. The van der Waals surface area contributed by atoms with Crippen molar-refractivity contribution in [3.05, 3.63) is 18.1 Å². The Morgan fingerprint density at radius 3 is 2.70 bits per heavy atom. The van der Waals surface area contributed by atoms with Crippen LogP contribution in [0.4, 0.5) is 5.82 Å². The molecule has 2 atom stereocenters. The lowest BCUT2D eigenvalue weighted by molar-refractivity contribution is 0.160. The highest BCUT2D eigenvalue weighted by Crippen LogP contribution is 2.46. The maximum Gasteiger partial charge on any atom is 0.159 e. The number of hydrogen-bond acceptors (Lipinski definition) is 4. The van der Waals surface area contributed by atoms with Gasteiger partial charge in [-0.05, 0) is 32.1 Å². The van der Waals surface area contributed by atoms with E-state index < -0.39 is 0 Å². The zero-order valence-corrected chi connectivity index (χ0v) is 11.9. The van der Waals surface area contributed by atoms with Gasteiger partial charge < -0.3 is 0 Å². The molecule has 3 aliphatic rings. The Morgan fingerprint density at radius 2 is 1.75 bits per heavy atom. The van der Waals surface area contributed by atoms with Gasteiger partial charge in [0.2, 0.25) is 0 Å². The van der Waals surface area contributed by atoms with Crippen molar-refractivity contribution < 1.29 is 0 Å². The number of fused-ring (bicyclic) bond motifs is 1. The van der Waals surface area contributed by atoms with Crippen molar-refractivity contribution in [1.29, 1.82) is 0 Å². The monoisotopic (exact) mass is 270 g/mol. The van der Waals surface area contributed by atoms with E-state index in [-0.39, 0.29) is 11.1 Å². The molecule has 1 aromatic heterocycles. The van der Waals surface area contributed by atoms with Crippen LogP contribution >= 0.6 is 0 Å². The van der Waals surface area contributed by atoms with Gasteiger partial charge in [0.25, 0.3) is 0 Å². The summed E-state index contributed by atoms with van der Waals surface area (Å²) in [6.07, 6.45) is 17.1. The summed E-state index contributed by atoms with van der Waals surface area (Å²) >= 11 is 0. The van der Waals surface area contributed by atoms with E-state index in [0.717, 1.165) is 5.82 Å². The van der Waals surface area contributed by atoms with Gasteiger partial charge in [0, 0.05) is 23.5 Å². The molecule has 0 radical (unpaired) electrons. The Bertz CT molecular complexity index is 541. The van der Waals surface area contributed by atoms with Gasteiger partial charge in [-0.2, -0.15) is 0 Å². The van der Waals surface area contributed by atoms with Crippen molar-refractivity contribution in [3.8, 4) is 0 Å². The molecule has 20 heavy (non-hydrogen) atoms. The number of hydrogen-bond donors (Lipinski definition) is 1. The lowest BCUT2D eigenvalue weighted by Gasteiger charge is -2.47. The quantitative estimate of drug-likeness (QED) is 0.787. The largest absolute Gasteiger partial charge is 0.297 e. The van der Waals surface area contributed by atoms with Crippen molar-refractivity contribution in [2.24, 2.45) is 4.99 Å². The molecule has 4 heteroatoms. The number of rotatable bonds is 0. The first-order chi connectivity index (χ1) is 9.82. The summed E-state index contributed by atoms with van der Waals surface area (Å²) in [5.41, 5.74) is 1.36. The van der Waals surface area contributed by atoms with Crippen LogP contribution in [0.15, 0.2) is 17.5 Å². The third kappa shape index (κ3) is 1.89. The molecule has 3 aliphatic heterocycles. The normalized spacial score (nSPS) is 36.2. The van der Waals surface area contributed by atoms with Crippen molar-refractivity contribution in [2.45, 2.75) is 68.9 Å². The van der Waals surface area contributed by atoms with Crippen LogP contribution in [0.5, 0.6) is 0 Å². The number of nitrogens with zero attached hydrogens (tertiary/aromatic N) is 3. The minimum absolute atomic E-state index is 0.0513. The first kappa shape index (κ1) is 12.5. The number of nitrogens with one attached hydrogen (secondary N) is 1. The topological polar surface area (TPSA) is 50.2 Å². The molecule has 1 N–H and O–H groups in total. The Hall–Kier alpha value is -1.29. The number of aliphatic imine (C=N–C) groups is 1. The Kier molecular flexibility index (Phi) is 2.88. The first-order valence-corrected chi connectivity index (χ1v) is 7.97. The number of aromatic nitrogens is 2. The van der Waals surface area contributed by atoms with E-state index in [2.05, 4.69) is 21.5 Å². The molecule has 2 fully saturated rings. The summed E-state index contributed by atoms with van der Waals surface area (Å²) in [6, 6.07) is 0. The summed E-state index contributed by atoms with van der Waals surface area (Å²) in [7, 11) is 0. The van der Waals surface area contributed by atoms with Crippen LogP contribution in [0.1, 0.15) is 63.4 Å².